The maximum absolute atomic E-state index is 12.8. The number of Topliss-reactive ketones (excluding diaryl/α,β-unsaturated/α-hetero) is 1. The van der Waals surface area contributed by atoms with E-state index in [1.165, 1.54) is 23.3 Å². The van der Waals surface area contributed by atoms with E-state index in [0.29, 0.717) is 24.4 Å². The molecule has 1 aromatic heterocycles. The summed E-state index contributed by atoms with van der Waals surface area (Å²) in [4.78, 5) is 29.1. The van der Waals surface area contributed by atoms with E-state index in [-0.39, 0.29) is 11.3 Å². The maximum atomic E-state index is 12.8. The first-order chi connectivity index (χ1) is 12.9. The molecule has 0 spiro atoms. The summed E-state index contributed by atoms with van der Waals surface area (Å²) in [6.45, 7) is 1.14. The number of aliphatic hydroxyl groups is 1. The number of hydrogen-bond acceptors (Lipinski definition) is 5. The fourth-order valence-corrected chi connectivity index (χ4v) is 3.97. The van der Waals surface area contributed by atoms with Gasteiger partial charge in [0, 0.05) is 10.4 Å². The molecule has 2 heterocycles. The van der Waals surface area contributed by atoms with Crippen molar-refractivity contribution in [3.05, 3.63) is 57.8 Å². The van der Waals surface area contributed by atoms with E-state index < -0.39 is 17.7 Å². The van der Waals surface area contributed by atoms with Gasteiger partial charge < -0.3 is 19.6 Å². The van der Waals surface area contributed by atoms with Gasteiger partial charge in [0.25, 0.3) is 11.7 Å². The molecule has 0 bridgehead atoms. The maximum Gasteiger partial charge on any atom is 0.295 e. The highest BCUT2D eigenvalue weighted by Gasteiger charge is 2.46. The van der Waals surface area contributed by atoms with Crippen molar-refractivity contribution in [2.45, 2.75) is 6.04 Å². The van der Waals surface area contributed by atoms with Gasteiger partial charge in [-0.1, -0.05) is 18.2 Å². The number of carbonyl (C=O) groups excluding carboxylic acids is 2. The minimum Gasteiger partial charge on any atom is -0.507 e. The normalized spacial score (nSPS) is 19.1. The molecule has 1 aromatic carbocycles. The SMILES string of the molecule is COc1cccc(C(O)=C2C(=O)C(=O)N(CC[NH+](C)C)[C@H]2c2cccs2)c1. The molecule has 0 saturated carbocycles. The summed E-state index contributed by atoms with van der Waals surface area (Å²) >= 11 is 1.46. The lowest BCUT2D eigenvalue weighted by atomic mass is 10.00. The zero-order valence-electron chi connectivity index (χ0n) is 15.6. The second kappa shape index (κ2) is 7.94. The van der Waals surface area contributed by atoms with Crippen LogP contribution in [0.3, 0.4) is 0 Å². The fraction of sp³-hybridized carbons (Fsp3) is 0.300. The molecule has 2 aromatic rings. The van der Waals surface area contributed by atoms with Crippen LogP contribution in [-0.4, -0.2) is 56.0 Å². The number of thiophene rings is 1. The highest BCUT2D eigenvalue weighted by atomic mass is 32.1. The minimum absolute atomic E-state index is 0.129. The Kier molecular flexibility index (Phi) is 5.62. The standard InChI is InChI=1S/C20H22N2O4S/c1-21(2)9-10-22-17(15-8-5-11-27-15)16(19(24)20(22)25)18(23)13-6-4-7-14(12-13)26-3/h4-8,11-12,17,23H,9-10H2,1-3H3/p+1/t17-/m0/s1. The molecule has 0 unspecified atom stereocenters. The van der Waals surface area contributed by atoms with Gasteiger partial charge in [0.2, 0.25) is 0 Å². The van der Waals surface area contributed by atoms with E-state index in [9.17, 15) is 14.7 Å². The number of ketones is 1. The van der Waals surface area contributed by atoms with Crippen LogP contribution in [0.5, 0.6) is 5.75 Å². The van der Waals surface area contributed by atoms with Crippen LogP contribution in [-0.2, 0) is 9.59 Å². The van der Waals surface area contributed by atoms with E-state index in [1.54, 1.807) is 29.2 Å². The first-order valence-corrected chi connectivity index (χ1v) is 9.57. The molecule has 0 radical (unpaired) electrons. The highest BCUT2D eigenvalue weighted by Crippen LogP contribution is 2.40. The summed E-state index contributed by atoms with van der Waals surface area (Å²) in [5.41, 5.74) is 0.580. The van der Waals surface area contributed by atoms with Gasteiger partial charge in [-0.05, 0) is 23.6 Å². The number of quaternary nitrogens is 1. The van der Waals surface area contributed by atoms with Crippen LogP contribution < -0.4 is 9.64 Å². The van der Waals surface area contributed by atoms with Crippen molar-refractivity contribution in [3.8, 4) is 5.75 Å². The van der Waals surface area contributed by atoms with Crippen LogP contribution in [0.1, 0.15) is 16.5 Å². The van der Waals surface area contributed by atoms with Crippen LogP contribution >= 0.6 is 11.3 Å². The van der Waals surface area contributed by atoms with E-state index >= 15 is 0 Å². The number of hydrogen-bond donors (Lipinski definition) is 2. The van der Waals surface area contributed by atoms with Gasteiger partial charge in [-0.2, -0.15) is 0 Å². The van der Waals surface area contributed by atoms with Gasteiger partial charge in [0.15, 0.2) is 0 Å². The molecule has 1 aliphatic heterocycles. The lowest BCUT2D eigenvalue weighted by Crippen LogP contribution is -3.06. The van der Waals surface area contributed by atoms with Crippen LogP contribution in [0.15, 0.2) is 47.4 Å². The van der Waals surface area contributed by atoms with Gasteiger partial charge in [0.1, 0.15) is 11.5 Å². The summed E-state index contributed by atoms with van der Waals surface area (Å²) in [6, 6.07) is 10.0. The molecular weight excluding hydrogens is 364 g/mol. The number of benzene rings is 1. The van der Waals surface area contributed by atoms with E-state index in [2.05, 4.69) is 0 Å². The highest BCUT2D eigenvalue weighted by molar-refractivity contribution is 7.10. The van der Waals surface area contributed by atoms with Gasteiger partial charge in [-0.15, -0.1) is 11.3 Å². The number of nitrogens with zero attached hydrogens (tertiary/aromatic N) is 1. The molecule has 6 nitrogen and oxygen atoms in total. The largest absolute Gasteiger partial charge is 0.507 e. The fourth-order valence-electron chi connectivity index (χ4n) is 3.12. The molecule has 1 amide bonds. The van der Waals surface area contributed by atoms with Crippen molar-refractivity contribution in [2.75, 3.05) is 34.3 Å². The second-order valence-corrected chi connectivity index (χ2v) is 7.68. The third kappa shape index (κ3) is 3.74. The average Bonchev–Trinajstić information content (AvgIpc) is 3.27. The van der Waals surface area contributed by atoms with Gasteiger partial charge in [0.05, 0.1) is 45.9 Å². The van der Waals surface area contributed by atoms with Crippen molar-refractivity contribution in [1.82, 2.24) is 4.90 Å². The van der Waals surface area contributed by atoms with Crippen molar-refractivity contribution in [2.24, 2.45) is 0 Å². The molecule has 7 heteroatoms. The Morgan fingerprint density at radius 1 is 1.26 bits per heavy atom. The van der Waals surface area contributed by atoms with Gasteiger partial charge >= 0.3 is 0 Å². The molecule has 0 aliphatic carbocycles. The summed E-state index contributed by atoms with van der Waals surface area (Å²) < 4.78 is 5.20. The summed E-state index contributed by atoms with van der Waals surface area (Å²) in [7, 11) is 5.52. The molecule has 2 N–H and O–H groups in total. The third-order valence-corrected chi connectivity index (χ3v) is 5.47. The van der Waals surface area contributed by atoms with E-state index in [0.717, 1.165) is 4.88 Å². The number of likely N-dealkylation sites (N-methyl/N-ethyl adjacent to an activating group) is 1. The Labute approximate surface area is 162 Å². The number of rotatable bonds is 6. The van der Waals surface area contributed by atoms with Crippen molar-refractivity contribution < 1.29 is 24.3 Å². The van der Waals surface area contributed by atoms with Gasteiger partial charge in [-0.25, -0.2) is 0 Å². The van der Waals surface area contributed by atoms with Gasteiger partial charge in [-0.3, -0.25) is 9.59 Å². The lowest BCUT2D eigenvalue weighted by molar-refractivity contribution is -0.857. The molecule has 3 rings (SSSR count). The number of aliphatic hydroxyl groups excluding tert-OH is 1. The van der Waals surface area contributed by atoms with Crippen molar-refractivity contribution in [1.29, 1.82) is 0 Å². The van der Waals surface area contributed by atoms with Crippen LogP contribution in [0, 0.1) is 0 Å². The van der Waals surface area contributed by atoms with Crippen molar-refractivity contribution in [3.63, 3.8) is 0 Å². The van der Waals surface area contributed by atoms with Crippen LogP contribution in [0.2, 0.25) is 0 Å². The number of likely N-dealkylation sites (tertiary alicyclic amines) is 1. The Bertz CT molecular complexity index is 874. The third-order valence-electron chi connectivity index (χ3n) is 4.55. The quantitative estimate of drug-likeness (QED) is 0.446. The predicted molar refractivity (Wildman–Crippen MR) is 104 cm³/mol. The Balaban J connectivity index is 2.10. The van der Waals surface area contributed by atoms with E-state index in [4.69, 9.17) is 4.74 Å². The number of nitrogens with one attached hydrogen (secondary N) is 1. The smallest absolute Gasteiger partial charge is 0.295 e. The molecule has 1 atom stereocenters. The zero-order valence-corrected chi connectivity index (χ0v) is 16.4. The zero-order chi connectivity index (χ0) is 19.6. The number of methoxy groups -OCH3 is 1. The Hall–Kier alpha value is -2.64. The first kappa shape index (κ1) is 19.1. The Morgan fingerprint density at radius 3 is 2.67 bits per heavy atom. The molecule has 1 fully saturated rings. The monoisotopic (exact) mass is 387 g/mol. The molecule has 1 aliphatic rings. The topological polar surface area (TPSA) is 71.3 Å². The molecular formula is C20H23N2O4S+. The Morgan fingerprint density at radius 2 is 2.04 bits per heavy atom. The number of amides is 1. The molecule has 27 heavy (non-hydrogen) atoms. The van der Waals surface area contributed by atoms with Crippen LogP contribution in [0.4, 0.5) is 0 Å². The van der Waals surface area contributed by atoms with Crippen LogP contribution in [0.25, 0.3) is 5.76 Å². The minimum atomic E-state index is -0.650. The van der Waals surface area contributed by atoms with Crippen molar-refractivity contribution >= 4 is 28.8 Å². The molecule has 1 saturated heterocycles. The number of ether oxygens (including phenoxy) is 1. The predicted octanol–water partition coefficient (Wildman–Crippen LogP) is 1.32. The second-order valence-electron chi connectivity index (χ2n) is 6.70. The summed E-state index contributed by atoms with van der Waals surface area (Å²) in [6.07, 6.45) is 0. The number of carbonyl (C=O) groups is 2. The summed E-state index contributed by atoms with van der Waals surface area (Å²) in [5.74, 6) is -0.830. The molecule has 142 valence electrons. The van der Waals surface area contributed by atoms with E-state index in [1.807, 2.05) is 31.6 Å². The lowest BCUT2D eigenvalue weighted by Gasteiger charge is -2.24. The average molecular weight is 387 g/mol. The summed E-state index contributed by atoms with van der Waals surface area (Å²) in [5, 5.41) is 12.8. The first-order valence-electron chi connectivity index (χ1n) is 8.69.